The summed E-state index contributed by atoms with van der Waals surface area (Å²) in [5.74, 6) is 2.14. The molecule has 118 valence electrons. The molecule has 0 amide bonds. The fourth-order valence-corrected chi connectivity index (χ4v) is 5.55. The second-order valence-corrected chi connectivity index (χ2v) is 8.20. The van der Waals surface area contributed by atoms with Crippen LogP contribution in [-0.2, 0) is 9.84 Å². The smallest absolute Gasteiger partial charge is 0.203 e. The van der Waals surface area contributed by atoms with E-state index in [-0.39, 0.29) is 22.3 Å². The lowest BCUT2D eigenvalue weighted by atomic mass is 9.97. The molecular weight excluding hydrogens is 360 g/mol. The zero-order chi connectivity index (χ0) is 15.6. The molecule has 1 aliphatic heterocycles. The van der Waals surface area contributed by atoms with Gasteiger partial charge in [0.2, 0.25) is 5.75 Å². The van der Waals surface area contributed by atoms with Crippen molar-refractivity contribution < 1.29 is 22.6 Å². The Labute approximate surface area is 133 Å². The van der Waals surface area contributed by atoms with Crippen molar-refractivity contribution >= 4 is 25.8 Å². The maximum absolute atomic E-state index is 11.7. The van der Waals surface area contributed by atoms with E-state index in [1.54, 1.807) is 27.4 Å². The van der Waals surface area contributed by atoms with Gasteiger partial charge >= 0.3 is 0 Å². The molecule has 0 aliphatic carbocycles. The Balaban J connectivity index is 2.39. The first-order valence-electron chi connectivity index (χ1n) is 6.57. The third-order valence-corrected chi connectivity index (χ3v) is 6.75. The highest BCUT2D eigenvalue weighted by molar-refractivity contribution is 9.09. The first kappa shape index (κ1) is 16.4. The fraction of sp³-hybridized carbons (Fsp3) is 0.571. The van der Waals surface area contributed by atoms with E-state index in [1.807, 2.05) is 6.07 Å². The molecule has 1 saturated heterocycles. The highest BCUT2D eigenvalue weighted by atomic mass is 79.9. The first-order valence-corrected chi connectivity index (χ1v) is 9.30. The molecule has 0 aromatic heterocycles. The minimum absolute atomic E-state index is 0.0296. The van der Waals surface area contributed by atoms with Gasteiger partial charge in [-0.2, -0.15) is 0 Å². The second kappa shape index (κ2) is 6.44. The predicted molar refractivity (Wildman–Crippen MR) is 84.5 cm³/mol. The summed E-state index contributed by atoms with van der Waals surface area (Å²) in [6, 6.07) is 3.68. The minimum Gasteiger partial charge on any atom is -0.493 e. The average Bonchev–Trinajstić information content (AvgIpc) is 2.84. The van der Waals surface area contributed by atoms with Crippen molar-refractivity contribution in [2.24, 2.45) is 5.92 Å². The SMILES string of the molecule is COc1ccc(C(Br)C2CCS(=O)(=O)C2)c(OC)c1OC. The maximum atomic E-state index is 11.7. The lowest BCUT2D eigenvalue weighted by Gasteiger charge is -2.21. The van der Waals surface area contributed by atoms with Crippen LogP contribution in [0.25, 0.3) is 0 Å². The Bertz CT molecular complexity index is 614. The molecule has 0 saturated carbocycles. The molecule has 21 heavy (non-hydrogen) atoms. The molecule has 0 spiro atoms. The lowest BCUT2D eigenvalue weighted by molar-refractivity contribution is 0.321. The van der Waals surface area contributed by atoms with Gasteiger partial charge in [-0.3, -0.25) is 0 Å². The number of rotatable bonds is 5. The predicted octanol–water partition coefficient (Wildman–Crippen LogP) is 2.58. The van der Waals surface area contributed by atoms with Crippen molar-refractivity contribution in [3.05, 3.63) is 17.7 Å². The van der Waals surface area contributed by atoms with Crippen LogP contribution < -0.4 is 14.2 Å². The summed E-state index contributed by atoms with van der Waals surface area (Å²) in [4.78, 5) is -0.107. The number of alkyl halides is 1. The summed E-state index contributed by atoms with van der Waals surface area (Å²) in [5, 5.41) is 0. The number of benzene rings is 1. The standard InChI is InChI=1S/C14H19BrO5S/c1-18-11-5-4-10(13(19-2)14(11)20-3)12(15)9-6-7-21(16,17)8-9/h4-5,9,12H,6-8H2,1-3H3. The molecule has 5 nitrogen and oxygen atoms in total. The van der Waals surface area contributed by atoms with Crippen LogP contribution in [0.5, 0.6) is 17.2 Å². The first-order chi connectivity index (χ1) is 9.93. The number of hydrogen-bond donors (Lipinski definition) is 0. The van der Waals surface area contributed by atoms with E-state index in [0.717, 1.165) is 5.56 Å². The summed E-state index contributed by atoms with van der Waals surface area (Å²) in [6.45, 7) is 0. The van der Waals surface area contributed by atoms with Gasteiger partial charge in [-0.05, 0) is 18.4 Å². The van der Waals surface area contributed by atoms with Crippen molar-refractivity contribution in [3.8, 4) is 17.2 Å². The highest BCUT2D eigenvalue weighted by Gasteiger charge is 2.35. The molecule has 1 aliphatic rings. The summed E-state index contributed by atoms with van der Waals surface area (Å²) in [6.07, 6.45) is 0.649. The van der Waals surface area contributed by atoms with E-state index >= 15 is 0 Å². The summed E-state index contributed by atoms with van der Waals surface area (Å²) < 4.78 is 39.4. The van der Waals surface area contributed by atoms with E-state index in [4.69, 9.17) is 14.2 Å². The largest absolute Gasteiger partial charge is 0.493 e. The third-order valence-electron chi connectivity index (χ3n) is 3.71. The van der Waals surface area contributed by atoms with Gasteiger partial charge in [0.1, 0.15) is 0 Å². The highest BCUT2D eigenvalue weighted by Crippen LogP contribution is 2.47. The van der Waals surface area contributed by atoms with Crippen LogP contribution in [0.2, 0.25) is 0 Å². The third kappa shape index (κ3) is 3.29. The number of halogens is 1. The fourth-order valence-electron chi connectivity index (χ4n) is 2.65. The van der Waals surface area contributed by atoms with Crippen molar-refractivity contribution in [1.82, 2.24) is 0 Å². The van der Waals surface area contributed by atoms with E-state index in [0.29, 0.717) is 23.7 Å². The topological polar surface area (TPSA) is 61.8 Å². The Morgan fingerprint density at radius 1 is 1.14 bits per heavy atom. The van der Waals surface area contributed by atoms with Gasteiger partial charge in [0.15, 0.2) is 21.3 Å². The van der Waals surface area contributed by atoms with Gasteiger partial charge in [-0.15, -0.1) is 0 Å². The van der Waals surface area contributed by atoms with E-state index in [9.17, 15) is 8.42 Å². The van der Waals surface area contributed by atoms with Gasteiger partial charge in [0, 0.05) is 10.4 Å². The normalized spacial score (nSPS) is 21.8. The van der Waals surface area contributed by atoms with Gasteiger partial charge in [-0.1, -0.05) is 22.0 Å². The van der Waals surface area contributed by atoms with Crippen LogP contribution in [0.1, 0.15) is 16.8 Å². The zero-order valence-electron chi connectivity index (χ0n) is 12.3. The van der Waals surface area contributed by atoms with Crippen molar-refractivity contribution in [3.63, 3.8) is 0 Å². The van der Waals surface area contributed by atoms with Crippen LogP contribution in [0.3, 0.4) is 0 Å². The molecule has 1 fully saturated rings. The Hall–Kier alpha value is -0.950. The monoisotopic (exact) mass is 378 g/mol. The molecule has 0 radical (unpaired) electrons. The molecule has 7 heteroatoms. The van der Waals surface area contributed by atoms with Crippen LogP contribution >= 0.6 is 15.9 Å². The number of ether oxygens (including phenoxy) is 3. The van der Waals surface area contributed by atoms with Crippen LogP contribution in [0.15, 0.2) is 12.1 Å². The summed E-state index contributed by atoms with van der Waals surface area (Å²) in [7, 11) is 1.75. The van der Waals surface area contributed by atoms with Crippen molar-refractivity contribution in [2.75, 3.05) is 32.8 Å². The second-order valence-electron chi connectivity index (χ2n) is 4.99. The summed E-state index contributed by atoms with van der Waals surface area (Å²) in [5.41, 5.74) is 0.872. The van der Waals surface area contributed by atoms with Gasteiger partial charge in [0.05, 0.1) is 32.8 Å². The maximum Gasteiger partial charge on any atom is 0.203 e. The average molecular weight is 379 g/mol. The van der Waals surface area contributed by atoms with E-state index in [1.165, 1.54) is 0 Å². The van der Waals surface area contributed by atoms with Crippen LogP contribution in [0, 0.1) is 5.92 Å². The quantitative estimate of drug-likeness (QED) is 0.736. The number of methoxy groups -OCH3 is 3. The molecule has 1 heterocycles. The van der Waals surface area contributed by atoms with Gasteiger partial charge < -0.3 is 14.2 Å². The van der Waals surface area contributed by atoms with Crippen LogP contribution in [0.4, 0.5) is 0 Å². The number of hydrogen-bond acceptors (Lipinski definition) is 5. The van der Waals surface area contributed by atoms with Gasteiger partial charge in [0.25, 0.3) is 0 Å². The Morgan fingerprint density at radius 2 is 1.81 bits per heavy atom. The molecule has 2 rings (SSSR count). The Kier molecular flexibility index (Phi) is 5.03. The van der Waals surface area contributed by atoms with Gasteiger partial charge in [-0.25, -0.2) is 8.42 Å². The van der Waals surface area contributed by atoms with E-state index in [2.05, 4.69) is 15.9 Å². The Morgan fingerprint density at radius 3 is 2.29 bits per heavy atom. The van der Waals surface area contributed by atoms with Crippen LogP contribution in [-0.4, -0.2) is 41.3 Å². The molecule has 1 aromatic carbocycles. The van der Waals surface area contributed by atoms with Crippen molar-refractivity contribution in [2.45, 2.75) is 11.2 Å². The molecular formula is C14H19BrO5S. The zero-order valence-corrected chi connectivity index (χ0v) is 14.7. The molecule has 2 atom stereocenters. The molecule has 0 bridgehead atoms. The van der Waals surface area contributed by atoms with Crippen molar-refractivity contribution in [1.29, 1.82) is 0 Å². The molecule has 2 unspecified atom stereocenters. The van der Waals surface area contributed by atoms with E-state index < -0.39 is 9.84 Å². The minimum atomic E-state index is -2.92. The number of sulfone groups is 1. The molecule has 1 aromatic rings. The molecule has 0 N–H and O–H groups in total. The lowest BCUT2D eigenvalue weighted by Crippen LogP contribution is -2.11. The summed E-state index contributed by atoms with van der Waals surface area (Å²) >= 11 is 3.63.